The zero-order valence-corrected chi connectivity index (χ0v) is 19.1. The van der Waals surface area contributed by atoms with E-state index in [0.29, 0.717) is 13.0 Å². The molecule has 4 rings (SSSR count). The van der Waals surface area contributed by atoms with Gasteiger partial charge in [0.15, 0.2) is 0 Å². The maximum absolute atomic E-state index is 13.4. The summed E-state index contributed by atoms with van der Waals surface area (Å²) in [5.41, 5.74) is 2.40. The molecule has 32 heavy (non-hydrogen) atoms. The van der Waals surface area contributed by atoms with E-state index >= 15 is 0 Å². The van der Waals surface area contributed by atoms with Crippen molar-refractivity contribution in [2.75, 3.05) is 34.3 Å². The molecule has 0 bridgehead atoms. The third-order valence-corrected chi connectivity index (χ3v) is 6.24. The van der Waals surface area contributed by atoms with Crippen LogP contribution in [0.15, 0.2) is 65.2 Å². The number of para-hydroxylation sites is 1. The fourth-order valence-electron chi connectivity index (χ4n) is 4.78. The topological polar surface area (TPSA) is 58.8 Å². The van der Waals surface area contributed by atoms with Gasteiger partial charge in [0.05, 0.1) is 12.5 Å². The first-order valence-corrected chi connectivity index (χ1v) is 11.1. The molecule has 3 aromatic rings. The number of piperidine rings is 1. The van der Waals surface area contributed by atoms with Gasteiger partial charge in [0.1, 0.15) is 17.2 Å². The predicted octanol–water partition coefficient (Wildman–Crippen LogP) is 4.26. The lowest BCUT2D eigenvalue weighted by molar-refractivity contribution is -0.143. The third kappa shape index (κ3) is 4.70. The van der Waals surface area contributed by atoms with Crippen LogP contribution in [-0.4, -0.2) is 55.2 Å². The number of carbonyl (C=O) groups is 1. The lowest BCUT2D eigenvalue weighted by atomic mass is 9.75. The molecule has 0 spiro atoms. The van der Waals surface area contributed by atoms with Gasteiger partial charge in [0.25, 0.3) is 0 Å². The van der Waals surface area contributed by atoms with Crippen LogP contribution in [0.25, 0.3) is 11.3 Å². The van der Waals surface area contributed by atoms with Gasteiger partial charge < -0.3 is 14.2 Å². The lowest BCUT2D eigenvalue weighted by Gasteiger charge is -2.42. The molecule has 1 aliphatic heterocycles. The second kappa shape index (κ2) is 9.57. The molecule has 2 heterocycles. The largest absolute Gasteiger partial charge is 0.496 e. The Kier molecular flexibility index (Phi) is 6.61. The van der Waals surface area contributed by atoms with E-state index in [1.54, 1.807) is 12.0 Å². The van der Waals surface area contributed by atoms with Crippen molar-refractivity contribution in [2.24, 2.45) is 5.41 Å². The number of methoxy groups -OCH3 is 1. The van der Waals surface area contributed by atoms with E-state index in [0.717, 1.165) is 54.3 Å². The number of hydrogen-bond donors (Lipinski definition) is 0. The molecule has 1 fully saturated rings. The first kappa shape index (κ1) is 22.1. The number of aromatic nitrogens is 1. The highest BCUT2D eigenvalue weighted by Gasteiger charge is 2.44. The van der Waals surface area contributed by atoms with E-state index in [4.69, 9.17) is 9.26 Å². The average molecular weight is 434 g/mol. The van der Waals surface area contributed by atoms with Crippen LogP contribution >= 0.6 is 0 Å². The number of rotatable bonds is 7. The second-order valence-electron chi connectivity index (χ2n) is 8.83. The summed E-state index contributed by atoms with van der Waals surface area (Å²) in [6, 6.07) is 20.0. The third-order valence-electron chi connectivity index (χ3n) is 6.24. The first-order chi connectivity index (χ1) is 15.5. The van der Waals surface area contributed by atoms with Crippen LogP contribution in [-0.2, 0) is 17.8 Å². The maximum atomic E-state index is 13.4. The van der Waals surface area contributed by atoms with E-state index in [2.05, 4.69) is 16.1 Å². The number of amides is 1. The van der Waals surface area contributed by atoms with Crippen LogP contribution in [0, 0.1) is 5.41 Å². The van der Waals surface area contributed by atoms with Crippen LogP contribution in [0.1, 0.15) is 24.2 Å². The molecule has 0 saturated carbocycles. The molecule has 6 heteroatoms. The van der Waals surface area contributed by atoms with Crippen molar-refractivity contribution in [1.29, 1.82) is 0 Å². The molecule has 0 unspecified atom stereocenters. The summed E-state index contributed by atoms with van der Waals surface area (Å²) in [6.07, 6.45) is 2.31. The Bertz CT molecular complexity index is 1050. The standard InChI is InChI=1S/C26H31N3O3/c1-28(2)25(30)26(17-22-16-23(27-32-22)20-10-5-4-6-11-20)14-9-15-29(19-26)18-21-12-7-8-13-24(21)31-3/h4-8,10-13,16H,9,14-15,17-19H2,1-3H3/t26-/m0/s1. The summed E-state index contributed by atoms with van der Waals surface area (Å²) in [5, 5.41) is 4.27. The van der Waals surface area contributed by atoms with Gasteiger partial charge in [-0.25, -0.2) is 0 Å². The Morgan fingerprint density at radius 2 is 1.91 bits per heavy atom. The molecule has 6 nitrogen and oxygen atoms in total. The maximum Gasteiger partial charge on any atom is 0.230 e. The van der Waals surface area contributed by atoms with Gasteiger partial charge in [0, 0.05) is 50.8 Å². The van der Waals surface area contributed by atoms with Gasteiger partial charge in [-0.15, -0.1) is 0 Å². The number of hydrogen-bond acceptors (Lipinski definition) is 5. The summed E-state index contributed by atoms with van der Waals surface area (Å²) in [5.74, 6) is 1.77. The highest BCUT2D eigenvalue weighted by Crippen LogP contribution is 2.37. The number of benzene rings is 2. The van der Waals surface area contributed by atoms with E-state index in [1.165, 1.54) is 0 Å². The number of nitrogens with zero attached hydrogens (tertiary/aromatic N) is 3. The van der Waals surface area contributed by atoms with E-state index in [1.807, 2.05) is 68.7 Å². The highest BCUT2D eigenvalue weighted by atomic mass is 16.5. The zero-order chi connectivity index (χ0) is 22.6. The van der Waals surface area contributed by atoms with Crippen molar-refractivity contribution in [1.82, 2.24) is 15.0 Å². The molecule has 168 valence electrons. The van der Waals surface area contributed by atoms with Crippen LogP contribution < -0.4 is 4.74 Å². The van der Waals surface area contributed by atoms with E-state index < -0.39 is 5.41 Å². The fourth-order valence-corrected chi connectivity index (χ4v) is 4.78. The van der Waals surface area contributed by atoms with Gasteiger partial charge in [-0.05, 0) is 25.5 Å². The molecule has 1 aromatic heterocycles. The van der Waals surface area contributed by atoms with E-state index in [9.17, 15) is 4.79 Å². The Labute approximate surface area is 189 Å². The fraction of sp³-hybridized carbons (Fsp3) is 0.385. The zero-order valence-electron chi connectivity index (χ0n) is 19.1. The molecule has 0 aliphatic carbocycles. The Morgan fingerprint density at radius 1 is 1.16 bits per heavy atom. The Hall–Kier alpha value is -3.12. The minimum atomic E-state index is -0.544. The summed E-state index contributed by atoms with van der Waals surface area (Å²) in [6.45, 7) is 2.37. The minimum Gasteiger partial charge on any atom is -0.496 e. The lowest BCUT2D eigenvalue weighted by Crippen LogP contribution is -2.52. The molecular formula is C26H31N3O3. The molecule has 1 saturated heterocycles. The second-order valence-corrected chi connectivity index (χ2v) is 8.83. The predicted molar refractivity (Wildman–Crippen MR) is 124 cm³/mol. The summed E-state index contributed by atoms with van der Waals surface area (Å²) in [4.78, 5) is 17.5. The molecule has 1 amide bonds. The molecule has 2 aromatic carbocycles. The Morgan fingerprint density at radius 3 is 2.66 bits per heavy atom. The van der Waals surface area contributed by atoms with Crippen molar-refractivity contribution in [3.63, 3.8) is 0 Å². The van der Waals surface area contributed by atoms with Crippen molar-refractivity contribution in [2.45, 2.75) is 25.8 Å². The van der Waals surface area contributed by atoms with E-state index in [-0.39, 0.29) is 5.91 Å². The quantitative estimate of drug-likeness (QED) is 0.557. The van der Waals surface area contributed by atoms with Gasteiger partial charge in [-0.1, -0.05) is 53.7 Å². The van der Waals surface area contributed by atoms with Crippen LogP contribution in [0.5, 0.6) is 5.75 Å². The van der Waals surface area contributed by atoms with Crippen LogP contribution in [0.3, 0.4) is 0 Å². The van der Waals surface area contributed by atoms with Crippen molar-refractivity contribution >= 4 is 5.91 Å². The van der Waals surface area contributed by atoms with Crippen LogP contribution in [0.2, 0.25) is 0 Å². The Balaban J connectivity index is 1.58. The van der Waals surface area contributed by atoms with Crippen molar-refractivity contribution in [3.05, 3.63) is 72.0 Å². The van der Waals surface area contributed by atoms with Gasteiger partial charge in [-0.3, -0.25) is 9.69 Å². The van der Waals surface area contributed by atoms with Crippen LogP contribution in [0.4, 0.5) is 0 Å². The molecule has 0 radical (unpaired) electrons. The highest BCUT2D eigenvalue weighted by molar-refractivity contribution is 5.83. The minimum absolute atomic E-state index is 0.139. The average Bonchev–Trinajstić information content (AvgIpc) is 3.28. The molecule has 1 atom stereocenters. The summed E-state index contributed by atoms with van der Waals surface area (Å²) >= 11 is 0. The summed E-state index contributed by atoms with van der Waals surface area (Å²) in [7, 11) is 5.36. The van der Waals surface area contributed by atoms with Crippen molar-refractivity contribution in [3.8, 4) is 17.0 Å². The normalized spacial score (nSPS) is 19.0. The number of likely N-dealkylation sites (tertiary alicyclic amines) is 1. The van der Waals surface area contributed by atoms with Gasteiger partial charge in [-0.2, -0.15) is 0 Å². The SMILES string of the molecule is COc1ccccc1CN1CCC[C@@](Cc2cc(-c3ccccc3)no2)(C(=O)N(C)C)C1. The molecule has 1 aliphatic rings. The number of carbonyl (C=O) groups excluding carboxylic acids is 1. The molecular weight excluding hydrogens is 402 g/mol. The number of ether oxygens (including phenoxy) is 1. The van der Waals surface area contributed by atoms with Gasteiger partial charge >= 0.3 is 0 Å². The molecule has 0 N–H and O–H groups in total. The summed E-state index contributed by atoms with van der Waals surface area (Å²) < 4.78 is 11.2. The first-order valence-electron chi connectivity index (χ1n) is 11.1. The van der Waals surface area contributed by atoms with Gasteiger partial charge in [0.2, 0.25) is 5.91 Å². The van der Waals surface area contributed by atoms with Crippen molar-refractivity contribution < 1.29 is 14.1 Å². The smallest absolute Gasteiger partial charge is 0.230 e. The monoisotopic (exact) mass is 433 g/mol.